The van der Waals surface area contributed by atoms with Crippen LogP contribution in [0.2, 0.25) is 0 Å². The molecule has 0 aliphatic heterocycles. The van der Waals surface area contributed by atoms with Gasteiger partial charge in [-0.05, 0) is 60.2 Å². The first-order chi connectivity index (χ1) is 17.3. The van der Waals surface area contributed by atoms with Crippen LogP contribution in [-0.2, 0) is 21.4 Å². The highest BCUT2D eigenvalue weighted by atomic mass is 32.2. The van der Waals surface area contributed by atoms with Crippen LogP contribution in [0, 0.1) is 0 Å². The van der Waals surface area contributed by atoms with Gasteiger partial charge in [0, 0.05) is 23.7 Å². The fourth-order valence-electron chi connectivity index (χ4n) is 3.73. The maximum atomic E-state index is 13.0. The predicted octanol–water partition coefficient (Wildman–Crippen LogP) is 3.80. The van der Waals surface area contributed by atoms with E-state index >= 15 is 0 Å². The van der Waals surface area contributed by atoms with Gasteiger partial charge in [-0.1, -0.05) is 13.8 Å². The average Bonchev–Trinajstić information content (AvgIpc) is 3.32. The zero-order valence-electron chi connectivity index (χ0n) is 20.1. The second-order valence-corrected chi connectivity index (χ2v) is 10.9. The highest BCUT2D eigenvalue weighted by Crippen LogP contribution is 2.31. The third kappa shape index (κ3) is 5.18. The number of hydrogen-bond donors (Lipinski definition) is 1. The van der Waals surface area contributed by atoms with Gasteiger partial charge in [0.25, 0.3) is 5.56 Å². The van der Waals surface area contributed by atoms with Crippen molar-refractivity contribution in [1.29, 1.82) is 0 Å². The summed E-state index contributed by atoms with van der Waals surface area (Å²) >= 11 is 1.32. The third-order valence-electron chi connectivity index (χ3n) is 5.67. The molecule has 4 rings (SSSR count). The Balaban J connectivity index is 1.49. The van der Waals surface area contributed by atoms with Crippen LogP contribution in [-0.4, -0.2) is 48.4 Å². The molecule has 2 aromatic heterocycles. The lowest BCUT2D eigenvalue weighted by atomic mass is 10.2. The maximum absolute atomic E-state index is 13.0. The lowest BCUT2D eigenvalue weighted by Gasteiger charge is -2.18. The normalized spacial score (nSPS) is 11.7. The molecule has 0 saturated carbocycles. The number of carbonyl (C=O) groups excluding carboxylic acids is 1. The van der Waals surface area contributed by atoms with Crippen molar-refractivity contribution in [1.82, 2.24) is 13.9 Å². The molecule has 1 amide bonds. The summed E-state index contributed by atoms with van der Waals surface area (Å²) in [5.74, 6) is 0.316. The Kier molecular flexibility index (Phi) is 7.53. The molecule has 1 N–H and O–H groups in total. The van der Waals surface area contributed by atoms with E-state index in [-0.39, 0.29) is 17.0 Å². The molecule has 188 valence electrons. The van der Waals surface area contributed by atoms with Crippen LogP contribution < -0.4 is 15.6 Å². The van der Waals surface area contributed by atoms with Gasteiger partial charge in [0.15, 0.2) is 0 Å². The summed E-state index contributed by atoms with van der Waals surface area (Å²) in [6.45, 7) is 4.07. The summed E-state index contributed by atoms with van der Waals surface area (Å²) in [4.78, 5) is 31.0. The van der Waals surface area contributed by atoms with E-state index in [9.17, 15) is 18.0 Å². The number of nitrogens with zero attached hydrogens (tertiary/aromatic N) is 3. The number of carbonyl (C=O) groups is 1. The molecule has 0 radical (unpaired) electrons. The number of amides is 1. The molecule has 2 aromatic carbocycles. The van der Waals surface area contributed by atoms with E-state index in [1.807, 2.05) is 30.3 Å². The fraction of sp³-hybridized carbons (Fsp3) is 0.240. The van der Waals surface area contributed by atoms with Gasteiger partial charge < -0.3 is 10.1 Å². The number of nitrogens with one attached hydrogen (secondary N) is 1. The Bertz CT molecular complexity index is 1540. The number of thiophene rings is 1. The van der Waals surface area contributed by atoms with Crippen LogP contribution in [0.5, 0.6) is 5.75 Å². The van der Waals surface area contributed by atoms with E-state index < -0.39 is 15.9 Å². The first kappa shape index (κ1) is 25.5. The van der Waals surface area contributed by atoms with Gasteiger partial charge in [0.2, 0.25) is 15.9 Å². The molecule has 0 aliphatic carbocycles. The van der Waals surface area contributed by atoms with Crippen molar-refractivity contribution >= 4 is 43.2 Å². The lowest BCUT2D eigenvalue weighted by molar-refractivity contribution is -0.116. The van der Waals surface area contributed by atoms with Crippen molar-refractivity contribution in [3.8, 4) is 16.2 Å². The summed E-state index contributed by atoms with van der Waals surface area (Å²) in [6, 6.07) is 15.3. The van der Waals surface area contributed by atoms with E-state index in [0.29, 0.717) is 29.0 Å². The largest absolute Gasteiger partial charge is 0.497 e. The van der Waals surface area contributed by atoms with Crippen LogP contribution in [0.15, 0.2) is 70.6 Å². The van der Waals surface area contributed by atoms with E-state index in [1.165, 1.54) is 50.8 Å². The molecule has 2 heterocycles. The van der Waals surface area contributed by atoms with Crippen molar-refractivity contribution in [2.45, 2.75) is 25.3 Å². The van der Waals surface area contributed by atoms with E-state index in [2.05, 4.69) is 10.3 Å². The topological polar surface area (TPSA) is 111 Å². The summed E-state index contributed by atoms with van der Waals surface area (Å²) in [6.07, 6.45) is 1.36. The quantitative estimate of drug-likeness (QED) is 0.355. The van der Waals surface area contributed by atoms with Gasteiger partial charge >= 0.3 is 0 Å². The molecule has 9 nitrogen and oxygen atoms in total. The van der Waals surface area contributed by atoms with Crippen LogP contribution in [0.1, 0.15) is 13.8 Å². The van der Waals surface area contributed by atoms with Crippen LogP contribution in [0.3, 0.4) is 0 Å². The minimum Gasteiger partial charge on any atom is -0.497 e. The van der Waals surface area contributed by atoms with Crippen molar-refractivity contribution in [2.24, 2.45) is 0 Å². The Morgan fingerprint density at radius 3 is 2.36 bits per heavy atom. The number of hydrogen-bond acceptors (Lipinski definition) is 7. The minimum atomic E-state index is -3.58. The molecule has 0 bridgehead atoms. The lowest BCUT2D eigenvalue weighted by Crippen LogP contribution is -2.30. The van der Waals surface area contributed by atoms with Gasteiger partial charge in [0.05, 0.1) is 23.8 Å². The molecule has 11 heteroatoms. The summed E-state index contributed by atoms with van der Waals surface area (Å²) in [5.41, 5.74) is 1.63. The van der Waals surface area contributed by atoms with Gasteiger partial charge in [-0.3, -0.25) is 14.2 Å². The van der Waals surface area contributed by atoms with Crippen LogP contribution >= 0.6 is 11.3 Å². The summed E-state index contributed by atoms with van der Waals surface area (Å²) < 4.78 is 33.5. The van der Waals surface area contributed by atoms with Crippen LogP contribution in [0.4, 0.5) is 5.69 Å². The summed E-state index contributed by atoms with van der Waals surface area (Å²) in [7, 11) is -1.98. The highest BCUT2D eigenvalue weighted by molar-refractivity contribution is 7.89. The number of rotatable bonds is 9. The Hall–Kier alpha value is -3.54. The molecule has 4 aromatic rings. The van der Waals surface area contributed by atoms with E-state index in [4.69, 9.17) is 4.74 Å². The molecular weight excluding hydrogens is 500 g/mol. The molecule has 0 aliphatic rings. The van der Waals surface area contributed by atoms with Crippen LogP contribution in [0.25, 0.3) is 20.7 Å². The molecule has 0 saturated heterocycles. The Morgan fingerprint density at radius 2 is 1.75 bits per heavy atom. The van der Waals surface area contributed by atoms with Crippen molar-refractivity contribution in [2.75, 3.05) is 25.5 Å². The van der Waals surface area contributed by atoms with Gasteiger partial charge in [-0.15, -0.1) is 11.3 Å². The Morgan fingerprint density at radius 1 is 1.08 bits per heavy atom. The van der Waals surface area contributed by atoms with Gasteiger partial charge in [-0.25, -0.2) is 13.4 Å². The second-order valence-electron chi connectivity index (χ2n) is 7.89. The zero-order valence-corrected chi connectivity index (χ0v) is 21.7. The number of anilines is 1. The van der Waals surface area contributed by atoms with Gasteiger partial charge in [-0.2, -0.15) is 4.31 Å². The van der Waals surface area contributed by atoms with Crippen molar-refractivity contribution in [3.63, 3.8) is 0 Å². The predicted molar refractivity (Wildman–Crippen MR) is 141 cm³/mol. The highest BCUT2D eigenvalue weighted by Gasteiger charge is 2.21. The van der Waals surface area contributed by atoms with E-state index in [0.717, 1.165) is 16.2 Å². The second kappa shape index (κ2) is 10.6. The van der Waals surface area contributed by atoms with Crippen molar-refractivity contribution in [3.05, 3.63) is 71.3 Å². The summed E-state index contributed by atoms with van der Waals surface area (Å²) in [5, 5.41) is 2.70. The SMILES string of the molecule is CCN(CC)S(=O)(=O)c1ccc(NC(=O)Cn2cnc3cc(-c4ccc(OC)cc4)sc3c2=O)cc1. The number of methoxy groups -OCH3 is 1. The molecule has 0 atom stereocenters. The third-order valence-corrected chi connectivity index (χ3v) is 8.90. The number of aromatic nitrogens is 2. The van der Waals surface area contributed by atoms with Gasteiger partial charge in [0.1, 0.15) is 17.0 Å². The fourth-order valence-corrected chi connectivity index (χ4v) is 6.26. The molecule has 0 spiro atoms. The average molecular weight is 527 g/mol. The molecule has 0 fully saturated rings. The number of fused-ring (bicyclic) bond motifs is 1. The molecule has 36 heavy (non-hydrogen) atoms. The number of ether oxygens (including phenoxy) is 1. The van der Waals surface area contributed by atoms with E-state index in [1.54, 1.807) is 21.0 Å². The number of benzene rings is 2. The zero-order chi connectivity index (χ0) is 25.9. The molecular formula is C25H26N4O5S2. The smallest absolute Gasteiger partial charge is 0.271 e. The maximum Gasteiger partial charge on any atom is 0.271 e. The first-order valence-corrected chi connectivity index (χ1v) is 13.6. The number of sulfonamides is 1. The standard InChI is InChI=1S/C25H26N4O5S2/c1-4-29(5-2)36(32,33)20-12-8-18(9-13-20)27-23(30)15-28-16-26-21-14-22(35-24(21)25(28)31)17-6-10-19(34-3)11-7-17/h6-14,16H,4-5,15H2,1-3H3,(H,27,30). The minimum absolute atomic E-state index is 0.153. The van der Waals surface area contributed by atoms with Crippen molar-refractivity contribution < 1.29 is 17.9 Å². The first-order valence-electron chi connectivity index (χ1n) is 11.3. The monoisotopic (exact) mass is 526 g/mol. The Labute approximate surface area is 213 Å². The molecule has 0 unspecified atom stereocenters.